The second kappa shape index (κ2) is 9.06. The Hall–Kier alpha value is -3.06. The van der Waals surface area contributed by atoms with Crippen molar-refractivity contribution in [3.05, 3.63) is 100 Å². The molecule has 2 aromatic carbocycles. The molecule has 3 heterocycles. The van der Waals surface area contributed by atoms with Gasteiger partial charge in [0, 0.05) is 11.8 Å². The quantitative estimate of drug-likeness (QED) is 0.306. The molecule has 1 N–H and O–H groups in total. The molecule has 5 rings (SSSR count). The normalized spacial score (nSPS) is 17.8. The van der Waals surface area contributed by atoms with E-state index in [4.69, 9.17) is 44.6 Å². The van der Waals surface area contributed by atoms with Gasteiger partial charge >= 0.3 is 0 Å². The zero-order chi connectivity index (χ0) is 22.9. The number of rotatable bonds is 5. The molecule has 0 spiro atoms. The van der Waals surface area contributed by atoms with Crippen molar-refractivity contribution < 1.29 is 9.15 Å². The van der Waals surface area contributed by atoms with Crippen molar-refractivity contribution in [2.45, 2.75) is 12.1 Å². The lowest BCUT2D eigenvalue weighted by atomic mass is 10.0. The van der Waals surface area contributed by atoms with Gasteiger partial charge in [0.2, 0.25) is 0 Å². The van der Waals surface area contributed by atoms with Gasteiger partial charge in [0.05, 0.1) is 34.6 Å². The van der Waals surface area contributed by atoms with Crippen LogP contribution in [0, 0.1) is 0 Å². The molecule has 33 heavy (non-hydrogen) atoms. The van der Waals surface area contributed by atoms with Crippen molar-refractivity contribution >= 4 is 46.2 Å². The molecule has 1 aliphatic heterocycles. The zero-order valence-corrected chi connectivity index (χ0v) is 19.9. The first-order chi connectivity index (χ1) is 16.1. The van der Waals surface area contributed by atoms with Crippen LogP contribution in [0.1, 0.15) is 23.5 Å². The molecule has 0 amide bonds. The van der Waals surface area contributed by atoms with Crippen LogP contribution in [0.3, 0.4) is 0 Å². The van der Waals surface area contributed by atoms with Gasteiger partial charge in [0.1, 0.15) is 23.3 Å². The lowest BCUT2D eigenvalue weighted by molar-refractivity contribution is 0.409. The molecule has 1 aliphatic rings. The van der Waals surface area contributed by atoms with Crippen LogP contribution in [0.2, 0.25) is 10.0 Å². The number of benzene rings is 2. The number of aromatic nitrogens is 1. The van der Waals surface area contributed by atoms with Crippen LogP contribution in [0.25, 0.3) is 11.3 Å². The van der Waals surface area contributed by atoms with Crippen molar-refractivity contribution in [2.75, 3.05) is 12.0 Å². The van der Waals surface area contributed by atoms with Gasteiger partial charge in [-0.15, -0.1) is 0 Å². The summed E-state index contributed by atoms with van der Waals surface area (Å²) in [7, 11) is 1.64. The maximum absolute atomic E-state index is 6.45. The molecular formula is C25H19Cl2N3O2S. The first-order valence-corrected chi connectivity index (χ1v) is 11.4. The number of anilines is 1. The minimum atomic E-state index is -0.310. The monoisotopic (exact) mass is 495 g/mol. The summed E-state index contributed by atoms with van der Waals surface area (Å²) >= 11 is 18.4. The third-order valence-electron chi connectivity index (χ3n) is 5.58. The number of hydrogen-bond acceptors (Lipinski definition) is 4. The molecule has 2 atom stereocenters. The van der Waals surface area contributed by atoms with Crippen LogP contribution in [0.5, 0.6) is 5.75 Å². The van der Waals surface area contributed by atoms with E-state index in [1.54, 1.807) is 19.4 Å². The Morgan fingerprint density at radius 2 is 1.82 bits per heavy atom. The van der Waals surface area contributed by atoms with Crippen molar-refractivity contribution in [1.82, 2.24) is 10.3 Å². The van der Waals surface area contributed by atoms with Crippen molar-refractivity contribution in [3.8, 4) is 17.1 Å². The third-order valence-corrected chi connectivity index (χ3v) is 6.71. The second-order valence-corrected chi connectivity index (χ2v) is 8.64. The van der Waals surface area contributed by atoms with E-state index < -0.39 is 0 Å². The minimum absolute atomic E-state index is 0.238. The highest BCUT2D eigenvalue weighted by Gasteiger charge is 2.43. The Morgan fingerprint density at radius 3 is 2.61 bits per heavy atom. The van der Waals surface area contributed by atoms with E-state index in [9.17, 15) is 0 Å². The van der Waals surface area contributed by atoms with Crippen molar-refractivity contribution in [3.63, 3.8) is 0 Å². The number of furan rings is 1. The van der Waals surface area contributed by atoms with Crippen LogP contribution in [-0.4, -0.2) is 17.2 Å². The number of nitrogens with one attached hydrogen (secondary N) is 1. The SMILES string of the molecule is COc1ccccc1N1C(=S)N[C@@H](c2ccccn2)[C@H]1c1ccc(-c2cccc(Cl)c2Cl)o1. The summed E-state index contributed by atoms with van der Waals surface area (Å²) in [6.45, 7) is 0. The first-order valence-electron chi connectivity index (χ1n) is 10.3. The Morgan fingerprint density at radius 1 is 1.00 bits per heavy atom. The average molecular weight is 496 g/mol. The van der Waals surface area contributed by atoms with Gasteiger partial charge in [-0.3, -0.25) is 4.98 Å². The van der Waals surface area contributed by atoms with Gasteiger partial charge in [-0.1, -0.05) is 47.5 Å². The Kier molecular flexibility index (Phi) is 5.98. The standard InChI is InChI=1S/C25H19Cl2N3O2S/c1-31-20-11-3-2-10-18(20)30-24(23(29-25(30)33)17-9-4-5-14-28-17)21-13-12-19(32-21)15-7-6-8-16(26)22(15)27/h2-14,23-24H,1H3,(H,29,33)/t23-,24+/m0/s1. The van der Waals surface area contributed by atoms with E-state index in [2.05, 4.69) is 10.3 Å². The van der Waals surface area contributed by atoms with E-state index >= 15 is 0 Å². The predicted octanol–water partition coefficient (Wildman–Crippen LogP) is 6.83. The van der Waals surface area contributed by atoms with E-state index in [0.717, 1.165) is 16.9 Å². The first kappa shape index (κ1) is 21.8. The Labute approximate surface area is 206 Å². The molecule has 0 unspecified atom stereocenters. The largest absolute Gasteiger partial charge is 0.495 e. The number of methoxy groups -OCH3 is 1. The number of para-hydroxylation sites is 2. The number of nitrogens with zero attached hydrogens (tertiary/aromatic N) is 2. The molecule has 0 radical (unpaired) electrons. The highest BCUT2D eigenvalue weighted by Crippen LogP contribution is 2.46. The van der Waals surface area contributed by atoms with Crippen LogP contribution in [0.4, 0.5) is 5.69 Å². The summed E-state index contributed by atoms with van der Waals surface area (Å²) in [5, 5.41) is 4.89. The fourth-order valence-electron chi connectivity index (χ4n) is 4.08. The predicted molar refractivity (Wildman–Crippen MR) is 135 cm³/mol. The van der Waals surface area contributed by atoms with E-state index in [-0.39, 0.29) is 12.1 Å². The topological polar surface area (TPSA) is 50.5 Å². The molecule has 8 heteroatoms. The third kappa shape index (κ3) is 3.95. The molecule has 4 aromatic rings. The molecule has 1 fully saturated rings. The smallest absolute Gasteiger partial charge is 0.174 e. The summed E-state index contributed by atoms with van der Waals surface area (Å²) in [5.74, 6) is 2.03. The number of thiocarbonyl (C=S) groups is 1. The van der Waals surface area contributed by atoms with Crippen molar-refractivity contribution in [2.24, 2.45) is 0 Å². The summed E-state index contributed by atoms with van der Waals surface area (Å²) in [6.07, 6.45) is 1.77. The van der Waals surface area contributed by atoms with E-state index in [1.165, 1.54) is 0 Å². The van der Waals surface area contributed by atoms with E-state index in [0.29, 0.717) is 32.4 Å². The summed E-state index contributed by atoms with van der Waals surface area (Å²) in [4.78, 5) is 6.58. The fourth-order valence-corrected chi connectivity index (χ4v) is 4.82. The molecule has 0 aliphatic carbocycles. The molecule has 0 saturated carbocycles. The molecular weight excluding hydrogens is 477 g/mol. The number of hydrogen-bond donors (Lipinski definition) is 1. The lowest BCUT2D eigenvalue weighted by Gasteiger charge is -2.27. The second-order valence-electron chi connectivity index (χ2n) is 7.47. The van der Waals surface area contributed by atoms with Gasteiger partial charge in [-0.25, -0.2) is 0 Å². The summed E-state index contributed by atoms with van der Waals surface area (Å²) in [5.41, 5.74) is 2.41. The molecule has 5 nitrogen and oxygen atoms in total. The summed E-state index contributed by atoms with van der Waals surface area (Å²) < 4.78 is 12.0. The average Bonchev–Trinajstić information content (AvgIpc) is 3.46. The Bertz CT molecular complexity index is 1310. The number of ether oxygens (including phenoxy) is 1. The van der Waals surface area contributed by atoms with E-state index in [1.807, 2.05) is 71.6 Å². The maximum Gasteiger partial charge on any atom is 0.174 e. The molecule has 166 valence electrons. The molecule has 2 aromatic heterocycles. The molecule has 1 saturated heterocycles. The molecule has 0 bridgehead atoms. The Balaban J connectivity index is 1.64. The van der Waals surface area contributed by atoms with Crippen molar-refractivity contribution in [1.29, 1.82) is 0 Å². The van der Waals surface area contributed by atoms with Gasteiger partial charge in [0.25, 0.3) is 0 Å². The fraction of sp³-hybridized carbons (Fsp3) is 0.120. The minimum Gasteiger partial charge on any atom is -0.495 e. The van der Waals surface area contributed by atoms with Crippen LogP contribution < -0.4 is 15.0 Å². The highest BCUT2D eigenvalue weighted by molar-refractivity contribution is 7.80. The lowest BCUT2D eigenvalue weighted by Crippen LogP contribution is -2.29. The van der Waals surface area contributed by atoms with Gasteiger partial charge in [0.15, 0.2) is 5.11 Å². The van der Waals surface area contributed by atoms with Gasteiger partial charge in [-0.05, 0) is 60.7 Å². The highest BCUT2D eigenvalue weighted by atomic mass is 35.5. The summed E-state index contributed by atoms with van der Waals surface area (Å²) in [6, 6.07) is 22.3. The van der Waals surface area contributed by atoms with Crippen LogP contribution >= 0.6 is 35.4 Å². The van der Waals surface area contributed by atoms with Crippen LogP contribution in [-0.2, 0) is 0 Å². The number of pyridine rings is 1. The zero-order valence-electron chi connectivity index (χ0n) is 17.5. The van der Waals surface area contributed by atoms with Crippen LogP contribution in [0.15, 0.2) is 83.4 Å². The maximum atomic E-state index is 6.45. The number of halogens is 2. The van der Waals surface area contributed by atoms with Gasteiger partial charge < -0.3 is 19.4 Å². The van der Waals surface area contributed by atoms with Gasteiger partial charge in [-0.2, -0.15) is 0 Å².